The molecule has 0 saturated heterocycles. The van der Waals surface area contributed by atoms with Gasteiger partial charge in [0.25, 0.3) is 0 Å². The lowest BCUT2D eigenvalue weighted by Crippen LogP contribution is -2.33. The number of alkyl halides is 3. The molecule has 0 heterocycles. The third-order valence-electron chi connectivity index (χ3n) is 5.12. The number of aliphatic imine (C=N–C) groups is 1. The molecule has 0 bridgehead atoms. The van der Waals surface area contributed by atoms with Crippen LogP contribution in [0.25, 0.3) is 0 Å². The van der Waals surface area contributed by atoms with Crippen molar-refractivity contribution in [2.45, 2.75) is 60.7 Å². The summed E-state index contributed by atoms with van der Waals surface area (Å²) in [6.45, 7) is 14.6. The third kappa shape index (κ3) is 4.86. The number of aliphatic hydroxyl groups excluding tert-OH is 1. The summed E-state index contributed by atoms with van der Waals surface area (Å²) in [6, 6.07) is 4.42. The van der Waals surface area contributed by atoms with E-state index in [1.807, 2.05) is 27.7 Å². The second-order valence-electron chi connectivity index (χ2n) is 9.53. The van der Waals surface area contributed by atoms with Gasteiger partial charge in [-0.2, -0.15) is 13.2 Å². The van der Waals surface area contributed by atoms with Gasteiger partial charge >= 0.3 is 6.18 Å². The Labute approximate surface area is 165 Å². The van der Waals surface area contributed by atoms with Crippen molar-refractivity contribution in [2.24, 2.45) is 21.7 Å². The zero-order valence-corrected chi connectivity index (χ0v) is 17.6. The van der Waals surface area contributed by atoms with Gasteiger partial charge in [0.1, 0.15) is 11.8 Å². The average Bonchev–Trinajstić information content (AvgIpc) is 2.51. The van der Waals surface area contributed by atoms with Crippen molar-refractivity contribution in [1.29, 1.82) is 0 Å². The van der Waals surface area contributed by atoms with Gasteiger partial charge in [-0.3, -0.25) is 4.99 Å². The van der Waals surface area contributed by atoms with E-state index >= 15 is 0 Å². The highest BCUT2D eigenvalue weighted by atomic mass is 19.4. The molecule has 0 saturated carbocycles. The van der Waals surface area contributed by atoms with Crippen LogP contribution < -0.4 is 0 Å². The van der Waals surface area contributed by atoms with Gasteiger partial charge in [0.05, 0.1) is 5.56 Å². The fraction of sp³-hybridized carbons (Fsp3) is 0.522. The molecular formula is C23H30F3NO. The summed E-state index contributed by atoms with van der Waals surface area (Å²) in [7, 11) is 0. The maximum atomic E-state index is 12.7. The van der Waals surface area contributed by atoms with E-state index in [9.17, 15) is 18.3 Å². The highest BCUT2D eigenvalue weighted by Crippen LogP contribution is 2.44. The van der Waals surface area contributed by atoms with Crippen molar-refractivity contribution in [2.75, 3.05) is 0 Å². The van der Waals surface area contributed by atoms with Crippen molar-refractivity contribution in [3.05, 3.63) is 58.4 Å². The predicted molar refractivity (Wildman–Crippen MR) is 109 cm³/mol. The Morgan fingerprint density at radius 2 is 1.46 bits per heavy atom. The molecule has 1 aromatic carbocycles. The Balaban J connectivity index is 2.42. The van der Waals surface area contributed by atoms with Crippen LogP contribution in [0.1, 0.15) is 59.6 Å². The molecule has 1 N–H and O–H groups in total. The average molecular weight is 393 g/mol. The van der Waals surface area contributed by atoms with E-state index in [1.165, 1.54) is 17.7 Å². The molecule has 0 amide bonds. The second-order valence-corrected chi connectivity index (χ2v) is 9.53. The minimum Gasteiger partial charge on any atom is -0.510 e. The molecule has 1 aliphatic carbocycles. The maximum absolute atomic E-state index is 12.7. The Morgan fingerprint density at radius 1 is 0.929 bits per heavy atom. The molecule has 0 fully saturated rings. The zero-order chi connectivity index (χ0) is 21.5. The largest absolute Gasteiger partial charge is 0.510 e. The van der Waals surface area contributed by atoms with Gasteiger partial charge in [0, 0.05) is 12.1 Å². The molecule has 5 heteroatoms. The first-order valence-corrected chi connectivity index (χ1v) is 9.48. The molecule has 2 unspecified atom stereocenters. The lowest BCUT2D eigenvalue weighted by Gasteiger charge is -2.38. The molecule has 2 atom stereocenters. The summed E-state index contributed by atoms with van der Waals surface area (Å²) >= 11 is 0. The van der Waals surface area contributed by atoms with Crippen molar-refractivity contribution >= 4 is 6.21 Å². The van der Waals surface area contributed by atoms with Crippen LogP contribution in [0.5, 0.6) is 0 Å². The first-order valence-electron chi connectivity index (χ1n) is 9.48. The Kier molecular flexibility index (Phi) is 5.89. The zero-order valence-electron chi connectivity index (χ0n) is 17.6. The topological polar surface area (TPSA) is 32.6 Å². The van der Waals surface area contributed by atoms with Crippen molar-refractivity contribution in [3.8, 4) is 0 Å². The van der Waals surface area contributed by atoms with E-state index in [2.05, 4.69) is 31.8 Å². The Morgan fingerprint density at radius 3 is 1.89 bits per heavy atom. The summed E-state index contributed by atoms with van der Waals surface area (Å²) in [4.78, 5) is 4.58. The summed E-state index contributed by atoms with van der Waals surface area (Å²) in [6.07, 6.45) is -0.726. The van der Waals surface area contributed by atoms with E-state index < -0.39 is 17.8 Å². The first-order chi connectivity index (χ1) is 12.6. The van der Waals surface area contributed by atoms with Gasteiger partial charge in [-0.15, -0.1) is 0 Å². The first kappa shape index (κ1) is 22.3. The maximum Gasteiger partial charge on any atom is 0.416 e. The smallest absolute Gasteiger partial charge is 0.416 e. The van der Waals surface area contributed by atoms with Crippen molar-refractivity contribution in [1.82, 2.24) is 0 Å². The van der Waals surface area contributed by atoms with Gasteiger partial charge in [0.15, 0.2) is 0 Å². The molecule has 154 valence electrons. The number of hydrogen-bond donors (Lipinski definition) is 1. The number of hydrogen-bond acceptors (Lipinski definition) is 2. The molecule has 0 aromatic heterocycles. The second kappa shape index (κ2) is 7.41. The van der Waals surface area contributed by atoms with E-state index in [0.29, 0.717) is 5.56 Å². The van der Waals surface area contributed by atoms with Gasteiger partial charge in [0.2, 0.25) is 0 Å². The number of aliphatic hydroxyl groups is 1. The van der Waals surface area contributed by atoms with E-state index in [-0.39, 0.29) is 22.5 Å². The standard InChI is InChI=1S/C23H30F3NO/c1-14-17(21(2,3)4)12-18(22(5,6)7)20(28)19(14)27-13-15-8-10-16(11-9-15)23(24,25)26/h8-14,19,28H,1-7H3. The van der Waals surface area contributed by atoms with E-state index in [0.717, 1.165) is 17.7 Å². The number of allylic oxidation sites excluding steroid dienone is 2. The van der Waals surface area contributed by atoms with Gasteiger partial charge in [-0.25, -0.2) is 0 Å². The summed E-state index contributed by atoms with van der Waals surface area (Å²) in [5, 5.41) is 10.9. The predicted octanol–water partition coefficient (Wildman–Crippen LogP) is 6.97. The number of benzene rings is 1. The molecule has 28 heavy (non-hydrogen) atoms. The minimum atomic E-state index is -4.36. The number of nitrogens with zero attached hydrogens (tertiary/aromatic N) is 1. The normalized spacial score (nSPS) is 22.0. The van der Waals surface area contributed by atoms with E-state index in [4.69, 9.17) is 0 Å². The quantitative estimate of drug-likeness (QED) is 0.541. The van der Waals surface area contributed by atoms with Crippen LogP contribution in [-0.2, 0) is 6.18 Å². The van der Waals surface area contributed by atoms with Crippen LogP contribution in [0.3, 0.4) is 0 Å². The van der Waals surface area contributed by atoms with Crippen LogP contribution in [0.2, 0.25) is 0 Å². The summed E-state index contributed by atoms with van der Waals surface area (Å²) in [5.41, 5.74) is 1.60. The van der Waals surface area contributed by atoms with Gasteiger partial charge in [-0.05, 0) is 34.1 Å². The molecular weight excluding hydrogens is 363 g/mol. The fourth-order valence-corrected chi connectivity index (χ4v) is 3.55. The molecule has 0 aliphatic heterocycles. The van der Waals surface area contributed by atoms with Gasteiger partial charge in [-0.1, -0.05) is 72.2 Å². The lowest BCUT2D eigenvalue weighted by molar-refractivity contribution is -0.137. The fourth-order valence-electron chi connectivity index (χ4n) is 3.55. The Bertz CT molecular complexity index is 800. The van der Waals surface area contributed by atoms with Crippen LogP contribution in [-0.4, -0.2) is 17.4 Å². The third-order valence-corrected chi connectivity index (χ3v) is 5.12. The minimum absolute atomic E-state index is 0.0169. The molecule has 2 nitrogen and oxygen atoms in total. The Hall–Kier alpha value is -2.04. The van der Waals surface area contributed by atoms with Gasteiger partial charge < -0.3 is 5.11 Å². The molecule has 2 rings (SSSR count). The van der Waals surface area contributed by atoms with Crippen LogP contribution in [0, 0.1) is 16.7 Å². The highest BCUT2D eigenvalue weighted by Gasteiger charge is 2.37. The molecule has 0 radical (unpaired) electrons. The van der Waals surface area contributed by atoms with Crippen molar-refractivity contribution < 1.29 is 18.3 Å². The monoisotopic (exact) mass is 393 g/mol. The van der Waals surface area contributed by atoms with Crippen LogP contribution in [0.4, 0.5) is 13.2 Å². The van der Waals surface area contributed by atoms with E-state index in [1.54, 1.807) is 6.21 Å². The SMILES string of the molecule is CC1C(C(C)(C)C)=CC(C(C)(C)C)=C(O)C1N=Cc1ccc(C(F)(F)F)cc1. The molecule has 1 aromatic rings. The number of halogens is 3. The van der Waals surface area contributed by atoms with Crippen LogP contribution >= 0.6 is 0 Å². The summed E-state index contributed by atoms with van der Waals surface area (Å²) in [5.74, 6) is 0.216. The van der Waals surface area contributed by atoms with Crippen LogP contribution in [0.15, 0.2) is 52.2 Å². The number of rotatable bonds is 2. The van der Waals surface area contributed by atoms with Crippen molar-refractivity contribution in [3.63, 3.8) is 0 Å². The highest BCUT2D eigenvalue weighted by molar-refractivity contribution is 5.80. The summed E-state index contributed by atoms with van der Waals surface area (Å²) < 4.78 is 38.2. The molecule has 0 spiro atoms. The molecule has 1 aliphatic rings. The lowest BCUT2D eigenvalue weighted by atomic mass is 9.69.